The summed E-state index contributed by atoms with van der Waals surface area (Å²) in [6.45, 7) is 0.864. The molecule has 1 fully saturated rings. The highest BCUT2D eigenvalue weighted by atomic mass is 16.2. The molecular formula is C22H22N2O. The van der Waals surface area contributed by atoms with Crippen molar-refractivity contribution in [2.45, 2.75) is 31.7 Å². The second-order valence-corrected chi connectivity index (χ2v) is 6.67. The number of rotatable bonds is 4. The first-order valence-electron chi connectivity index (χ1n) is 8.99. The van der Waals surface area contributed by atoms with Crippen LogP contribution in [0.3, 0.4) is 0 Å². The number of benzene rings is 2. The van der Waals surface area contributed by atoms with Crippen LogP contribution < -0.4 is 0 Å². The Bertz CT molecular complexity index is 870. The minimum Gasteiger partial charge on any atom is -0.336 e. The molecule has 126 valence electrons. The van der Waals surface area contributed by atoms with Crippen molar-refractivity contribution in [2.75, 3.05) is 6.54 Å². The highest BCUT2D eigenvalue weighted by molar-refractivity contribution is 5.87. The number of carbonyl (C=O) groups excluding carboxylic acids is 1. The van der Waals surface area contributed by atoms with E-state index in [1.54, 1.807) is 12.4 Å². The Morgan fingerprint density at radius 3 is 2.72 bits per heavy atom. The number of fused-ring (bicyclic) bond motifs is 1. The summed E-state index contributed by atoms with van der Waals surface area (Å²) in [6, 6.07) is 19.1. The normalized spacial score (nSPS) is 17.1. The molecule has 3 aromatic rings. The number of amides is 1. The Balaban J connectivity index is 1.54. The summed E-state index contributed by atoms with van der Waals surface area (Å²) < 4.78 is 0. The van der Waals surface area contributed by atoms with Crippen molar-refractivity contribution in [2.24, 2.45) is 0 Å². The molecule has 1 atom stereocenters. The first-order chi connectivity index (χ1) is 12.3. The topological polar surface area (TPSA) is 33.2 Å². The number of carbonyl (C=O) groups is 1. The van der Waals surface area contributed by atoms with Crippen LogP contribution in [0.15, 0.2) is 67.0 Å². The number of pyridine rings is 1. The lowest BCUT2D eigenvalue weighted by molar-refractivity contribution is -0.132. The number of nitrogens with zero attached hydrogens (tertiary/aromatic N) is 2. The summed E-state index contributed by atoms with van der Waals surface area (Å²) in [5, 5.41) is 2.51. The first kappa shape index (κ1) is 15.8. The van der Waals surface area contributed by atoms with E-state index >= 15 is 0 Å². The lowest BCUT2D eigenvalue weighted by atomic mass is 9.97. The monoisotopic (exact) mass is 330 g/mol. The molecule has 0 spiro atoms. The fraction of sp³-hybridized carbons (Fsp3) is 0.273. The van der Waals surface area contributed by atoms with Crippen LogP contribution in [0.25, 0.3) is 10.8 Å². The molecule has 0 radical (unpaired) electrons. The zero-order chi connectivity index (χ0) is 17.1. The lowest BCUT2D eigenvalue weighted by Crippen LogP contribution is -2.30. The summed E-state index contributed by atoms with van der Waals surface area (Å²) in [5.41, 5.74) is 2.46. The van der Waals surface area contributed by atoms with Crippen LogP contribution in [0, 0.1) is 0 Å². The van der Waals surface area contributed by atoms with Crippen LogP contribution in [0.5, 0.6) is 0 Å². The third kappa shape index (κ3) is 3.27. The minimum atomic E-state index is 0.205. The molecule has 0 N–H and O–H groups in total. The van der Waals surface area contributed by atoms with Crippen molar-refractivity contribution >= 4 is 16.7 Å². The van der Waals surface area contributed by atoms with Crippen LogP contribution in [0.4, 0.5) is 0 Å². The zero-order valence-electron chi connectivity index (χ0n) is 14.3. The van der Waals surface area contributed by atoms with Crippen LogP contribution in [0.2, 0.25) is 0 Å². The Morgan fingerprint density at radius 1 is 1.04 bits per heavy atom. The van der Waals surface area contributed by atoms with Crippen molar-refractivity contribution in [3.63, 3.8) is 0 Å². The van der Waals surface area contributed by atoms with Crippen molar-refractivity contribution in [1.82, 2.24) is 9.88 Å². The Hall–Kier alpha value is -2.68. The zero-order valence-corrected chi connectivity index (χ0v) is 14.3. The third-order valence-corrected chi connectivity index (χ3v) is 5.13. The maximum Gasteiger partial charge on any atom is 0.223 e. The van der Waals surface area contributed by atoms with Crippen LogP contribution >= 0.6 is 0 Å². The molecular weight excluding hydrogens is 308 g/mol. The van der Waals surface area contributed by atoms with E-state index in [-0.39, 0.29) is 11.9 Å². The second kappa shape index (κ2) is 7.06. The maximum atomic E-state index is 12.8. The molecule has 3 heteroatoms. The van der Waals surface area contributed by atoms with E-state index in [0.717, 1.165) is 25.8 Å². The van der Waals surface area contributed by atoms with Crippen molar-refractivity contribution in [3.05, 3.63) is 78.1 Å². The van der Waals surface area contributed by atoms with E-state index in [1.807, 2.05) is 12.1 Å². The van der Waals surface area contributed by atoms with Gasteiger partial charge in [-0.3, -0.25) is 9.78 Å². The molecule has 2 aromatic carbocycles. The number of hydrogen-bond acceptors (Lipinski definition) is 2. The summed E-state index contributed by atoms with van der Waals surface area (Å²) in [5.74, 6) is 0.257. The largest absolute Gasteiger partial charge is 0.336 e. The van der Waals surface area contributed by atoms with Gasteiger partial charge in [-0.25, -0.2) is 0 Å². The summed E-state index contributed by atoms with van der Waals surface area (Å²) >= 11 is 0. The molecule has 0 saturated carbocycles. The minimum absolute atomic E-state index is 0.205. The highest BCUT2D eigenvalue weighted by Crippen LogP contribution is 2.36. The van der Waals surface area contributed by atoms with Gasteiger partial charge in [-0.1, -0.05) is 42.5 Å². The first-order valence-corrected chi connectivity index (χ1v) is 8.99. The highest BCUT2D eigenvalue weighted by Gasteiger charge is 2.30. The van der Waals surface area contributed by atoms with Crippen LogP contribution in [-0.4, -0.2) is 22.3 Å². The standard InChI is InChI=1S/C22H22N2O/c25-22(11-10-17-12-14-23-15-13-17)24-16-4-9-21(24)20-8-3-6-18-5-1-2-7-19(18)20/h1-3,5-8,12-15,21H,4,9-11,16H2/t21-/m1/s1. The Kier molecular flexibility index (Phi) is 4.47. The molecule has 3 nitrogen and oxygen atoms in total. The molecule has 1 aromatic heterocycles. The fourth-order valence-corrected chi connectivity index (χ4v) is 3.87. The molecule has 1 saturated heterocycles. The van der Waals surface area contributed by atoms with Gasteiger partial charge < -0.3 is 4.90 Å². The van der Waals surface area contributed by atoms with Gasteiger partial charge in [-0.05, 0) is 53.3 Å². The van der Waals surface area contributed by atoms with Gasteiger partial charge in [-0.15, -0.1) is 0 Å². The van der Waals surface area contributed by atoms with Crippen LogP contribution in [-0.2, 0) is 11.2 Å². The van der Waals surface area contributed by atoms with Gasteiger partial charge in [0.05, 0.1) is 6.04 Å². The molecule has 25 heavy (non-hydrogen) atoms. The van der Waals surface area contributed by atoms with Gasteiger partial charge in [0.15, 0.2) is 0 Å². The molecule has 0 unspecified atom stereocenters. The van der Waals surface area contributed by atoms with Crippen molar-refractivity contribution in [3.8, 4) is 0 Å². The number of aryl methyl sites for hydroxylation is 1. The van der Waals surface area contributed by atoms with Gasteiger partial charge in [-0.2, -0.15) is 0 Å². The smallest absolute Gasteiger partial charge is 0.223 e. The molecule has 1 amide bonds. The van der Waals surface area contributed by atoms with Crippen molar-refractivity contribution in [1.29, 1.82) is 0 Å². The fourth-order valence-electron chi connectivity index (χ4n) is 3.87. The van der Waals surface area contributed by atoms with Gasteiger partial charge in [0.2, 0.25) is 5.91 Å². The predicted molar refractivity (Wildman–Crippen MR) is 100 cm³/mol. The lowest BCUT2D eigenvalue weighted by Gasteiger charge is -2.26. The quantitative estimate of drug-likeness (QED) is 0.704. The molecule has 0 bridgehead atoms. The van der Waals surface area contributed by atoms with Gasteiger partial charge in [0, 0.05) is 25.4 Å². The summed E-state index contributed by atoms with van der Waals surface area (Å²) in [4.78, 5) is 19.0. The Labute approximate surface area is 148 Å². The van der Waals surface area contributed by atoms with Gasteiger partial charge in [0.25, 0.3) is 0 Å². The summed E-state index contributed by atoms with van der Waals surface area (Å²) in [7, 11) is 0. The van der Waals surface area contributed by atoms with E-state index in [4.69, 9.17) is 0 Å². The molecule has 1 aliphatic rings. The van der Waals surface area contributed by atoms with E-state index < -0.39 is 0 Å². The number of hydrogen-bond donors (Lipinski definition) is 0. The summed E-state index contributed by atoms with van der Waals surface area (Å²) in [6.07, 6.45) is 7.04. The maximum absolute atomic E-state index is 12.8. The van der Waals surface area contributed by atoms with Crippen molar-refractivity contribution < 1.29 is 4.79 Å². The predicted octanol–water partition coefficient (Wildman–Crippen LogP) is 4.53. The van der Waals surface area contributed by atoms with Gasteiger partial charge >= 0.3 is 0 Å². The van der Waals surface area contributed by atoms with Gasteiger partial charge in [0.1, 0.15) is 0 Å². The van der Waals surface area contributed by atoms with E-state index in [2.05, 4.69) is 52.3 Å². The SMILES string of the molecule is O=C(CCc1ccncc1)N1CCC[C@@H]1c1cccc2ccccc12. The average molecular weight is 330 g/mol. The molecule has 2 heterocycles. The average Bonchev–Trinajstić information content (AvgIpc) is 3.16. The number of likely N-dealkylation sites (tertiary alicyclic amines) is 1. The van der Waals surface area contributed by atoms with Crippen LogP contribution in [0.1, 0.15) is 36.4 Å². The molecule has 1 aliphatic heterocycles. The van der Waals surface area contributed by atoms with E-state index in [0.29, 0.717) is 6.42 Å². The number of aromatic nitrogens is 1. The molecule has 4 rings (SSSR count). The van der Waals surface area contributed by atoms with E-state index in [9.17, 15) is 4.79 Å². The third-order valence-electron chi connectivity index (χ3n) is 5.13. The molecule has 0 aliphatic carbocycles. The Morgan fingerprint density at radius 2 is 1.84 bits per heavy atom. The second-order valence-electron chi connectivity index (χ2n) is 6.67. The van der Waals surface area contributed by atoms with E-state index in [1.165, 1.54) is 21.9 Å².